The predicted molar refractivity (Wildman–Crippen MR) is 37.9 cm³/mol. The number of rotatable bonds is 3. The molecule has 0 aromatic heterocycles. The summed E-state index contributed by atoms with van der Waals surface area (Å²) in [6, 6.07) is 0. The van der Waals surface area contributed by atoms with Crippen LogP contribution in [-0.2, 0) is 0 Å². The highest BCUT2D eigenvalue weighted by molar-refractivity contribution is 6.33. The van der Waals surface area contributed by atoms with E-state index < -0.39 is 0 Å². The summed E-state index contributed by atoms with van der Waals surface area (Å²) in [6.45, 7) is 4.97. The molecule has 0 aromatic carbocycles. The van der Waals surface area contributed by atoms with Crippen molar-refractivity contribution >= 4 is 23.6 Å². The average molecular weight is 156 g/mol. The Labute approximate surface area is 60.8 Å². The number of hydrogen-bond donors (Lipinski definition) is 0. The van der Waals surface area contributed by atoms with Gasteiger partial charge < -0.3 is 0 Å². The van der Waals surface area contributed by atoms with Gasteiger partial charge in [-0.15, -0.1) is 3.94 Å². The minimum atomic E-state index is 0.588. The molecule has 3 heteroatoms. The summed E-state index contributed by atoms with van der Waals surface area (Å²) in [5, 5.41) is 0. The van der Waals surface area contributed by atoms with Crippen molar-refractivity contribution in [3.63, 3.8) is 0 Å². The zero-order chi connectivity index (χ0) is 6.57. The standard InChI is InChI=1S/C5H11Cl2N/c1-3-5(2)4-8(6)7/h5H,3-4H2,1-2H3. The topological polar surface area (TPSA) is 3.24 Å². The van der Waals surface area contributed by atoms with Gasteiger partial charge in [0.05, 0.1) is 0 Å². The molecule has 0 aliphatic rings. The Morgan fingerprint density at radius 1 is 1.50 bits per heavy atom. The maximum absolute atomic E-state index is 5.35. The first-order valence-electron chi connectivity index (χ1n) is 2.76. The molecule has 0 radical (unpaired) electrons. The molecule has 50 valence electrons. The van der Waals surface area contributed by atoms with Crippen LogP contribution in [0.1, 0.15) is 20.3 Å². The van der Waals surface area contributed by atoms with Crippen LogP contribution in [0.3, 0.4) is 0 Å². The van der Waals surface area contributed by atoms with Gasteiger partial charge >= 0.3 is 0 Å². The molecule has 8 heavy (non-hydrogen) atoms. The summed E-state index contributed by atoms with van der Waals surface area (Å²) >= 11 is 10.7. The van der Waals surface area contributed by atoms with Gasteiger partial charge in [-0.25, -0.2) is 0 Å². The van der Waals surface area contributed by atoms with E-state index in [0.717, 1.165) is 13.0 Å². The highest BCUT2D eigenvalue weighted by atomic mass is 35.5. The largest absolute Gasteiger partial charge is 0.132 e. The van der Waals surface area contributed by atoms with E-state index in [0.29, 0.717) is 5.92 Å². The van der Waals surface area contributed by atoms with E-state index in [-0.39, 0.29) is 0 Å². The fraction of sp³-hybridized carbons (Fsp3) is 1.00. The normalized spacial score (nSPS) is 14.6. The van der Waals surface area contributed by atoms with Crippen molar-refractivity contribution in [2.75, 3.05) is 6.54 Å². The summed E-state index contributed by atoms with van der Waals surface area (Å²) < 4.78 is 1.17. The van der Waals surface area contributed by atoms with Crippen molar-refractivity contribution in [3.8, 4) is 0 Å². The van der Waals surface area contributed by atoms with Crippen molar-refractivity contribution in [1.29, 1.82) is 0 Å². The van der Waals surface area contributed by atoms with Crippen LogP contribution in [0.5, 0.6) is 0 Å². The number of halogens is 2. The Hall–Kier alpha value is 0.540. The molecule has 1 unspecified atom stereocenters. The van der Waals surface area contributed by atoms with Gasteiger partial charge in [-0.05, 0) is 29.5 Å². The van der Waals surface area contributed by atoms with Gasteiger partial charge in [0.1, 0.15) is 0 Å². The molecule has 1 atom stereocenters. The van der Waals surface area contributed by atoms with Gasteiger partial charge in [0.25, 0.3) is 0 Å². The average Bonchev–Trinajstić information content (AvgIpc) is 1.65. The maximum Gasteiger partial charge on any atom is 0.0329 e. The Kier molecular flexibility index (Phi) is 4.72. The van der Waals surface area contributed by atoms with E-state index in [1.54, 1.807) is 0 Å². The van der Waals surface area contributed by atoms with Crippen molar-refractivity contribution in [2.45, 2.75) is 20.3 Å². The van der Waals surface area contributed by atoms with Crippen LogP contribution in [0.25, 0.3) is 0 Å². The van der Waals surface area contributed by atoms with Crippen molar-refractivity contribution in [2.24, 2.45) is 5.92 Å². The Bertz CT molecular complexity index is 56.4. The van der Waals surface area contributed by atoms with Gasteiger partial charge in [0, 0.05) is 6.54 Å². The van der Waals surface area contributed by atoms with Crippen LogP contribution in [-0.4, -0.2) is 10.5 Å². The fourth-order valence-corrected chi connectivity index (χ4v) is 0.836. The van der Waals surface area contributed by atoms with Crippen molar-refractivity contribution in [3.05, 3.63) is 0 Å². The summed E-state index contributed by atoms with van der Waals surface area (Å²) in [5.41, 5.74) is 0. The predicted octanol–water partition coefficient (Wildman–Crippen LogP) is 2.64. The highest BCUT2D eigenvalue weighted by Gasteiger charge is 2.01. The fourth-order valence-electron chi connectivity index (χ4n) is 0.365. The molecular weight excluding hydrogens is 145 g/mol. The summed E-state index contributed by atoms with van der Waals surface area (Å²) in [5.74, 6) is 0.588. The van der Waals surface area contributed by atoms with Crippen molar-refractivity contribution < 1.29 is 0 Å². The maximum atomic E-state index is 5.35. The van der Waals surface area contributed by atoms with E-state index in [1.807, 2.05) is 0 Å². The minimum absolute atomic E-state index is 0.588. The van der Waals surface area contributed by atoms with Gasteiger partial charge in [-0.2, -0.15) is 0 Å². The molecule has 0 saturated carbocycles. The molecule has 0 heterocycles. The molecule has 1 nitrogen and oxygen atoms in total. The zero-order valence-corrected chi connectivity index (χ0v) is 6.71. The SMILES string of the molecule is CCC(C)CN(Cl)Cl. The van der Waals surface area contributed by atoms with Crippen LogP contribution in [0.15, 0.2) is 0 Å². The Morgan fingerprint density at radius 2 is 2.00 bits per heavy atom. The van der Waals surface area contributed by atoms with Crippen LogP contribution >= 0.6 is 23.6 Å². The lowest BCUT2D eigenvalue weighted by molar-refractivity contribution is 0.484. The lowest BCUT2D eigenvalue weighted by Gasteiger charge is -2.08. The second-order valence-corrected chi connectivity index (χ2v) is 2.99. The lowest BCUT2D eigenvalue weighted by atomic mass is 10.1. The van der Waals surface area contributed by atoms with Gasteiger partial charge in [-0.3, -0.25) is 0 Å². The monoisotopic (exact) mass is 155 g/mol. The highest BCUT2D eigenvalue weighted by Crippen LogP contribution is 2.07. The van der Waals surface area contributed by atoms with Crippen LogP contribution < -0.4 is 0 Å². The first-order valence-corrected chi connectivity index (χ1v) is 3.43. The van der Waals surface area contributed by atoms with Crippen LogP contribution in [0.4, 0.5) is 0 Å². The van der Waals surface area contributed by atoms with Gasteiger partial charge in [0.2, 0.25) is 0 Å². The molecule has 0 spiro atoms. The number of hydrogen-bond acceptors (Lipinski definition) is 1. The second kappa shape index (κ2) is 4.42. The molecule has 0 aliphatic carbocycles. The van der Waals surface area contributed by atoms with Crippen LogP contribution in [0.2, 0.25) is 0 Å². The molecule has 0 rings (SSSR count). The van der Waals surface area contributed by atoms with E-state index in [1.165, 1.54) is 3.94 Å². The third-order valence-corrected chi connectivity index (χ3v) is 1.42. The second-order valence-electron chi connectivity index (χ2n) is 2.00. The molecule has 0 aliphatic heterocycles. The van der Waals surface area contributed by atoms with Crippen LogP contribution in [0, 0.1) is 5.92 Å². The number of nitrogens with zero attached hydrogens (tertiary/aromatic N) is 1. The molecular formula is C5H11Cl2N. The first kappa shape index (κ1) is 8.54. The van der Waals surface area contributed by atoms with E-state index in [4.69, 9.17) is 23.6 Å². The minimum Gasteiger partial charge on any atom is -0.132 e. The van der Waals surface area contributed by atoms with E-state index in [9.17, 15) is 0 Å². The third kappa shape index (κ3) is 4.69. The Balaban J connectivity index is 3.10. The first-order chi connectivity index (χ1) is 3.66. The van der Waals surface area contributed by atoms with Crippen molar-refractivity contribution in [1.82, 2.24) is 3.94 Å². The molecule has 0 aromatic rings. The Morgan fingerprint density at radius 3 is 2.12 bits per heavy atom. The molecule has 0 saturated heterocycles. The van der Waals surface area contributed by atoms with E-state index >= 15 is 0 Å². The van der Waals surface area contributed by atoms with Gasteiger partial charge in [0.15, 0.2) is 0 Å². The zero-order valence-electron chi connectivity index (χ0n) is 5.19. The summed E-state index contributed by atoms with van der Waals surface area (Å²) in [6.07, 6.45) is 1.12. The summed E-state index contributed by atoms with van der Waals surface area (Å²) in [7, 11) is 0. The molecule has 0 amide bonds. The van der Waals surface area contributed by atoms with E-state index in [2.05, 4.69) is 13.8 Å². The lowest BCUT2D eigenvalue weighted by Crippen LogP contribution is -2.09. The molecule has 0 fully saturated rings. The smallest absolute Gasteiger partial charge is 0.0329 e. The van der Waals surface area contributed by atoms with Gasteiger partial charge in [-0.1, -0.05) is 20.3 Å². The molecule has 0 bridgehead atoms. The quantitative estimate of drug-likeness (QED) is 0.567. The summed E-state index contributed by atoms with van der Waals surface area (Å²) in [4.78, 5) is 0. The molecule has 0 N–H and O–H groups in total. The third-order valence-electron chi connectivity index (χ3n) is 1.15.